The first kappa shape index (κ1) is 13.5. The normalized spacial score (nSPS) is 22.3. The van der Waals surface area contributed by atoms with E-state index in [1.54, 1.807) is 0 Å². The number of nitrogens with two attached hydrogens (primary N) is 1. The van der Waals surface area contributed by atoms with Crippen molar-refractivity contribution in [3.8, 4) is 0 Å². The molecule has 2 atom stereocenters. The number of rotatable bonds is 5. The number of nitrogens with zero attached hydrogens (tertiary/aromatic N) is 1. The molecule has 1 aromatic rings. The van der Waals surface area contributed by atoms with Gasteiger partial charge in [0.1, 0.15) is 5.82 Å². The third-order valence-electron chi connectivity index (χ3n) is 3.77. The van der Waals surface area contributed by atoms with Crippen LogP contribution in [0.15, 0.2) is 24.3 Å². The van der Waals surface area contributed by atoms with Gasteiger partial charge in [-0.15, -0.1) is 0 Å². The SMILES string of the molecule is NCC(c1ccc(F)cc1)N1CCC(CCO)C1. The topological polar surface area (TPSA) is 49.5 Å². The van der Waals surface area contributed by atoms with Gasteiger partial charge in [0.05, 0.1) is 0 Å². The standard InChI is InChI=1S/C14H21FN2O/c15-13-3-1-12(2-4-13)14(9-16)17-7-5-11(10-17)6-8-18/h1-4,11,14,18H,5-10,16H2. The zero-order valence-corrected chi connectivity index (χ0v) is 10.6. The van der Waals surface area contributed by atoms with Gasteiger partial charge in [-0.05, 0) is 43.0 Å². The third kappa shape index (κ3) is 3.07. The van der Waals surface area contributed by atoms with Crippen LogP contribution in [0.5, 0.6) is 0 Å². The van der Waals surface area contributed by atoms with E-state index in [4.69, 9.17) is 10.8 Å². The Labute approximate surface area is 107 Å². The molecular weight excluding hydrogens is 231 g/mol. The minimum Gasteiger partial charge on any atom is -0.396 e. The Kier molecular flexibility index (Phi) is 4.69. The molecule has 0 bridgehead atoms. The molecule has 3 N–H and O–H groups in total. The molecule has 1 fully saturated rings. The molecule has 1 heterocycles. The number of aliphatic hydroxyl groups is 1. The van der Waals surface area contributed by atoms with Gasteiger partial charge in [-0.2, -0.15) is 0 Å². The molecule has 1 aromatic carbocycles. The van der Waals surface area contributed by atoms with E-state index < -0.39 is 0 Å². The van der Waals surface area contributed by atoms with Crippen LogP contribution in [0, 0.1) is 11.7 Å². The zero-order valence-electron chi connectivity index (χ0n) is 10.6. The lowest BCUT2D eigenvalue weighted by molar-refractivity contribution is 0.222. The van der Waals surface area contributed by atoms with Crippen molar-refractivity contribution >= 4 is 0 Å². The highest BCUT2D eigenvalue weighted by Gasteiger charge is 2.27. The molecule has 100 valence electrons. The van der Waals surface area contributed by atoms with Crippen molar-refractivity contribution in [1.82, 2.24) is 4.90 Å². The minimum atomic E-state index is -0.214. The van der Waals surface area contributed by atoms with Gasteiger partial charge in [-0.3, -0.25) is 4.90 Å². The predicted molar refractivity (Wildman–Crippen MR) is 69.6 cm³/mol. The van der Waals surface area contributed by atoms with Crippen LogP contribution in [0.3, 0.4) is 0 Å². The van der Waals surface area contributed by atoms with Gasteiger partial charge in [-0.25, -0.2) is 4.39 Å². The van der Waals surface area contributed by atoms with Crippen molar-refractivity contribution in [2.45, 2.75) is 18.9 Å². The van der Waals surface area contributed by atoms with Crippen LogP contribution in [0.2, 0.25) is 0 Å². The Morgan fingerprint density at radius 2 is 2.11 bits per heavy atom. The maximum atomic E-state index is 12.9. The number of hydrogen-bond donors (Lipinski definition) is 2. The van der Waals surface area contributed by atoms with Crippen LogP contribution in [-0.4, -0.2) is 36.2 Å². The van der Waals surface area contributed by atoms with E-state index in [1.165, 1.54) is 12.1 Å². The summed E-state index contributed by atoms with van der Waals surface area (Å²) in [6.45, 7) is 2.77. The smallest absolute Gasteiger partial charge is 0.123 e. The van der Waals surface area contributed by atoms with Gasteiger partial charge >= 0.3 is 0 Å². The number of aliphatic hydroxyl groups excluding tert-OH is 1. The molecule has 1 aliphatic rings. The molecule has 0 saturated carbocycles. The minimum absolute atomic E-state index is 0.161. The summed E-state index contributed by atoms with van der Waals surface area (Å²) in [5.41, 5.74) is 6.93. The summed E-state index contributed by atoms with van der Waals surface area (Å²) in [6, 6.07) is 6.76. The van der Waals surface area contributed by atoms with E-state index in [9.17, 15) is 4.39 Å². The third-order valence-corrected chi connectivity index (χ3v) is 3.77. The van der Waals surface area contributed by atoms with E-state index in [0.717, 1.165) is 31.5 Å². The van der Waals surface area contributed by atoms with Gasteiger partial charge in [0.15, 0.2) is 0 Å². The Morgan fingerprint density at radius 3 is 2.72 bits per heavy atom. The lowest BCUT2D eigenvalue weighted by Gasteiger charge is -2.27. The fraction of sp³-hybridized carbons (Fsp3) is 0.571. The monoisotopic (exact) mass is 252 g/mol. The second kappa shape index (κ2) is 6.27. The largest absolute Gasteiger partial charge is 0.396 e. The van der Waals surface area contributed by atoms with Crippen LogP contribution in [0.4, 0.5) is 4.39 Å². The maximum Gasteiger partial charge on any atom is 0.123 e. The Hall–Kier alpha value is -0.970. The van der Waals surface area contributed by atoms with Gasteiger partial charge in [0.2, 0.25) is 0 Å². The summed E-state index contributed by atoms with van der Waals surface area (Å²) in [7, 11) is 0. The Morgan fingerprint density at radius 1 is 1.39 bits per heavy atom. The first-order valence-electron chi connectivity index (χ1n) is 6.55. The van der Waals surface area contributed by atoms with Crippen molar-refractivity contribution in [1.29, 1.82) is 0 Å². The molecule has 2 rings (SSSR count). The fourth-order valence-corrected chi connectivity index (χ4v) is 2.74. The molecule has 0 aromatic heterocycles. The highest BCUT2D eigenvalue weighted by molar-refractivity contribution is 5.20. The molecule has 18 heavy (non-hydrogen) atoms. The van der Waals surface area contributed by atoms with E-state index in [0.29, 0.717) is 12.5 Å². The molecule has 4 heteroatoms. The van der Waals surface area contributed by atoms with Crippen molar-refractivity contribution < 1.29 is 9.50 Å². The van der Waals surface area contributed by atoms with Crippen LogP contribution in [0.25, 0.3) is 0 Å². The lowest BCUT2D eigenvalue weighted by atomic mass is 10.0. The van der Waals surface area contributed by atoms with E-state index >= 15 is 0 Å². The van der Waals surface area contributed by atoms with Crippen LogP contribution < -0.4 is 5.73 Å². The number of hydrogen-bond acceptors (Lipinski definition) is 3. The van der Waals surface area contributed by atoms with E-state index in [-0.39, 0.29) is 18.5 Å². The van der Waals surface area contributed by atoms with Crippen LogP contribution in [-0.2, 0) is 0 Å². The van der Waals surface area contributed by atoms with Gasteiger partial charge in [0.25, 0.3) is 0 Å². The second-order valence-corrected chi connectivity index (χ2v) is 4.96. The maximum absolute atomic E-state index is 12.9. The fourth-order valence-electron chi connectivity index (χ4n) is 2.74. The van der Waals surface area contributed by atoms with E-state index in [1.807, 2.05) is 12.1 Å². The molecule has 2 unspecified atom stereocenters. The summed E-state index contributed by atoms with van der Waals surface area (Å²) < 4.78 is 12.9. The average molecular weight is 252 g/mol. The quantitative estimate of drug-likeness (QED) is 0.835. The lowest BCUT2D eigenvalue weighted by Crippen LogP contribution is -2.32. The van der Waals surface area contributed by atoms with E-state index in [2.05, 4.69) is 4.90 Å². The first-order valence-corrected chi connectivity index (χ1v) is 6.55. The highest BCUT2D eigenvalue weighted by atomic mass is 19.1. The summed E-state index contributed by atoms with van der Waals surface area (Å²) >= 11 is 0. The van der Waals surface area contributed by atoms with Gasteiger partial charge in [-0.1, -0.05) is 12.1 Å². The first-order chi connectivity index (χ1) is 8.74. The zero-order chi connectivity index (χ0) is 13.0. The van der Waals surface area contributed by atoms with Gasteiger partial charge < -0.3 is 10.8 Å². The molecular formula is C14H21FN2O. The van der Waals surface area contributed by atoms with Crippen molar-refractivity contribution in [2.24, 2.45) is 11.7 Å². The Bertz CT molecular complexity index is 369. The number of halogens is 1. The van der Waals surface area contributed by atoms with Gasteiger partial charge in [0, 0.05) is 25.7 Å². The van der Waals surface area contributed by atoms with Crippen molar-refractivity contribution in [3.63, 3.8) is 0 Å². The number of likely N-dealkylation sites (tertiary alicyclic amines) is 1. The second-order valence-electron chi connectivity index (χ2n) is 4.96. The average Bonchev–Trinajstić information content (AvgIpc) is 2.82. The molecule has 0 amide bonds. The van der Waals surface area contributed by atoms with Crippen LogP contribution in [0.1, 0.15) is 24.4 Å². The van der Waals surface area contributed by atoms with Crippen molar-refractivity contribution in [3.05, 3.63) is 35.6 Å². The summed E-state index contributed by atoms with van der Waals surface area (Å²) in [5.74, 6) is 0.346. The number of benzene rings is 1. The molecule has 0 aliphatic carbocycles. The summed E-state index contributed by atoms with van der Waals surface area (Å²) in [6.07, 6.45) is 1.97. The molecule has 3 nitrogen and oxygen atoms in total. The Balaban J connectivity index is 2.03. The predicted octanol–water partition coefficient (Wildman–Crippen LogP) is 1.53. The molecule has 1 aliphatic heterocycles. The molecule has 0 radical (unpaired) electrons. The van der Waals surface area contributed by atoms with Crippen LogP contribution >= 0.6 is 0 Å². The summed E-state index contributed by atoms with van der Waals surface area (Å²) in [4.78, 5) is 2.34. The highest BCUT2D eigenvalue weighted by Crippen LogP contribution is 2.28. The molecule has 0 spiro atoms. The summed E-state index contributed by atoms with van der Waals surface area (Å²) in [5, 5.41) is 8.97. The van der Waals surface area contributed by atoms with Crippen molar-refractivity contribution in [2.75, 3.05) is 26.2 Å². The molecule has 1 saturated heterocycles.